The zero-order chi connectivity index (χ0) is 18.0. The van der Waals surface area contributed by atoms with E-state index in [4.69, 9.17) is 9.47 Å². The second kappa shape index (κ2) is 7.11. The van der Waals surface area contributed by atoms with Crippen LogP contribution in [0.1, 0.15) is 58.9 Å². The predicted molar refractivity (Wildman–Crippen MR) is 99.7 cm³/mol. The Morgan fingerprint density at radius 1 is 1.28 bits per heavy atom. The van der Waals surface area contributed by atoms with Gasteiger partial charge in [-0.3, -0.25) is 4.90 Å². The van der Waals surface area contributed by atoms with Gasteiger partial charge in [-0.05, 0) is 76.6 Å². The minimum absolute atomic E-state index is 0.132. The van der Waals surface area contributed by atoms with Gasteiger partial charge in [-0.25, -0.2) is 4.79 Å². The number of piperidine rings is 1. The number of hydrogen-bond acceptors (Lipinski definition) is 3. The van der Waals surface area contributed by atoms with Crippen LogP contribution in [-0.4, -0.2) is 35.3 Å². The van der Waals surface area contributed by atoms with Crippen molar-refractivity contribution >= 4 is 11.7 Å². The Labute approximate surface area is 150 Å². The first-order valence-electron chi connectivity index (χ1n) is 9.32. The van der Waals surface area contributed by atoms with E-state index in [0.717, 1.165) is 31.4 Å². The Hall–Kier alpha value is -1.97. The third-order valence-corrected chi connectivity index (χ3v) is 4.76. The van der Waals surface area contributed by atoms with Crippen LogP contribution in [0.3, 0.4) is 0 Å². The molecule has 4 heteroatoms. The van der Waals surface area contributed by atoms with E-state index < -0.39 is 5.60 Å². The lowest BCUT2D eigenvalue weighted by molar-refractivity contribution is 0.0000825. The normalized spacial score (nSPS) is 23.0. The summed E-state index contributed by atoms with van der Waals surface area (Å²) in [6.45, 7) is 8.43. The number of ether oxygens (including phenoxy) is 2. The number of fused-ring (bicyclic) bond motifs is 2. The molecule has 3 rings (SSSR count). The molecule has 0 N–H and O–H groups in total. The van der Waals surface area contributed by atoms with Gasteiger partial charge in [-0.1, -0.05) is 18.2 Å². The van der Waals surface area contributed by atoms with Crippen LogP contribution in [0.5, 0.6) is 5.75 Å². The van der Waals surface area contributed by atoms with E-state index in [1.165, 1.54) is 11.1 Å². The molecule has 1 saturated heterocycles. The molecule has 1 aromatic rings. The molecule has 0 aromatic heterocycles. The molecule has 2 atom stereocenters. The van der Waals surface area contributed by atoms with Crippen molar-refractivity contribution in [2.24, 2.45) is 0 Å². The van der Waals surface area contributed by atoms with Gasteiger partial charge in [0.15, 0.2) is 0 Å². The smallest absolute Gasteiger partial charge is 0.411 e. The highest BCUT2D eigenvalue weighted by Gasteiger charge is 2.39. The van der Waals surface area contributed by atoms with Crippen molar-refractivity contribution in [1.29, 1.82) is 0 Å². The standard InChI is InChI=1S/C21H29NO3/c1-5-24-19-11-6-8-15(14-19)16-12-17-9-7-10-18(13-16)22(17)20(23)25-21(2,3)4/h6,8,11-12,14,17-18H,5,7,9-10,13H2,1-4H3. The number of carbonyl (C=O) groups is 1. The molecule has 1 fully saturated rings. The van der Waals surface area contributed by atoms with Gasteiger partial charge < -0.3 is 9.47 Å². The van der Waals surface area contributed by atoms with E-state index >= 15 is 0 Å². The van der Waals surface area contributed by atoms with Crippen LogP contribution in [0.15, 0.2) is 30.3 Å². The fourth-order valence-electron chi connectivity index (χ4n) is 3.80. The van der Waals surface area contributed by atoms with E-state index in [9.17, 15) is 4.79 Å². The van der Waals surface area contributed by atoms with Crippen molar-refractivity contribution in [1.82, 2.24) is 4.90 Å². The van der Waals surface area contributed by atoms with Crippen molar-refractivity contribution in [3.8, 4) is 5.75 Å². The molecule has 2 bridgehead atoms. The average Bonchev–Trinajstić information content (AvgIpc) is 2.52. The summed E-state index contributed by atoms with van der Waals surface area (Å²) in [7, 11) is 0. The Bertz CT molecular complexity index is 659. The van der Waals surface area contributed by atoms with Gasteiger partial charge in [-0.15, -0.1) is 0 Å². The zero-order valence-electron chi connectivity index (χ0n) is 15.7. The van der Waals surface area contributed by atoms with E-state index in [0.29, 0.717) is 6.61 Å². The minimum Gasteiger partial charge on any atom is -0.494 e. The molecule has 0 aliphatic carbocycles. The summed E-state index contributed by atoms with van der Waals surface area (Å²) in [4.78, 5) is 14.6. The van der Waals surface area contributed by atoms with Crippen LogP contribution in [0, 0.1) is 0 Å². The van der Waals surface area contributed by atoms with Crippen molar-refractivity contribution < 1.29 is 14.3 Å². The lowest BCUT2D eigenvalue weighted by Gasteiger charge is -2.45. The molecule has 4 nitrogen and oxygen atoms in total. The van der Waals surface area contributed by atoms with E-state index in [1.54, 1.807) is 0 Å². The van der Waals surface area contributed by atoms with E-state index in [-0.39, 0.29) is 18.2 Å². The quantitative estimate of drug-likeness (QED) is 0.772. The van der Waals surface area contributed by atoms with Crippen LogP contribution < -0.4 is 4.74 Å². The lowest BCUT2D eigenvalue weighted by atomic mass is 9.83. The molecule has 1 aromatic carbocycles. The summed E-state index contributed by atoms with van der Waals surface area (Å²) in [5, 5.41) is 0. The molecule has 25 heavy (non-hydrogen) atoms. The monoisotopic (exact) mass is 343 g/mol. The second-order valence-corrected chi connectivity index (χ2v) is 7.90. The summed E-state index contributed by atoms with van der Waals surface area (Å²) in [6.07, 6.45) is 6.16. The molecule has 2 heterocycles. The summed E-state index contributed by atoms with van der Waals surface area (Å²) in [5.74, 6) is 0.903. The molecule has 0 saturated carbocycles. The van der Waals surface area contributed by atoms with Crippen LogP contribution in [0.25, 0.3) is 5.57 Å². The second-order valence-electron chi connectivity index (χ2n) is 7.90. The number of carbonyl (C=O) groups excluding carboxylic acids is 1. The van der Waals surface area contributed by atoms with Crippen LogP contribution in [0.2, 0.25) is 0 Å². The number of hydrogen-bond donors (Lipinski definition) is 0. The maximum atomic E-state index is 12.7. The highest BCUT2D eigenvalue weighted by molar-refractivity contribution is 5.75. The first-order chi connectivity index (χ1) is 11.9. The number of amides is 1. The molecule has 0 spiro atoms. The van der Waals surface area contributed by atoms with Gasteiger partial charge in [0.05, 0.1) is 12.6 Å². The van der Waals surface area contributed by atoms with Gasteiger partial charge in [0.1, 0.15) is 11.4 Å². The molecule has 136 valence electrons. The molecule has 0 radical (unpaired) electrons. The molecular weight excluding hydrogens is 314 g/mol. The maximum Gasteiger partial charge on any atom is 0.411 e. The molecule has 2 aliphatic heterocycles. The Morgan fingerprint density at radius 2 is 2.08 bits per heavy atom. The fourth-order valence-corrected chi connectivity index (χ4v) is 3.80. The van der Waals surface area contributed by atoms with Gasteiger partial charge in [0, 0.05) is 6.04 Å². The molecule has 2 unspecified atom stereocenters. The molecular formula is C21H29NO3. The van der Waals surface area contributed by atoms with Crippen molar-refractivity contribution in [2.45, 2.75) is 71.1 Å². The lowest BCUT2D eigenvalue weighted by Crippen LogP contribution is -2.53. The largest absolute Gasteiger partial charge is 0.494 e. The van der Waals surface area contributed by atoms with Crippen LogP contribution in [0.4, 0.5) is 4.79 Å². The predicted octanol–water partition coefficient (Wildman–Crippen LogP) is 5.03. The molecule has 2 aliphatic rings. The highest BCUT2D eigenvalue weighted by atomic mass is 16.6. The minimum atomic E-state index is -0.457. The third kappa shape index (κ3) is 4.17. The summed E-state index contributed by atoms with van der Waals surface area (Å²) < 4.78 is 11.3. The average molecular weight is 343 g/mol. The Balaban J connectivity index is 1.84. The van der Waals surface area contributed by atoms with Gasteiger partial charge in [0.25, 0.3) is 0 Å². The van der Waals surface area contributed by atoms with E-state index in [1.807, 2.05) is 44.7 Å². The summed E-state index contributed by atoms with van der Waals surface area (Å²) in [5.41, 5.74) is 2.06. The first kappa shape index (κ1) is 17.8. The summed E-state index contributed by atoms with van der Waals surface area (Å²) >= 11 is 0. The van der Waals surface area contributed by atoms with E-state index in [2.05, 4.69) is 18.2 Å². The number of benzene rings is 1. The van der Waals surface area contributed by atoms with Gasteiger partial charge in [-0.2, -0.15) is 0 Å². The molecule has 1 amide bonds. The van der Waals surface area contributed by atoms with Crippen molar-refractivity contribution in [3.05, 3.63) is 35.9 Å². The Morgan fingerprint density at radius 3 is 2.76 bits per heavy atom. The van der Waals surface area contributed by atoms with Crippen molar-refractivity contribution in [3.63, 3.8) is 0 Å². The first-order valence-corrected chi connectivity index (χ1v) is 9.32. The van der Waals surface area contributed by atoms with Gasteiger partial charge >= 0.3 is 6.09 Å². The van der Waals surface area contributed by atoms with Gasteiger partial charge in [0.2, 0.25) is 0 Å². The van der Waals surface area contributed by atoms with Crippen LogP contribution in [-0.2, 0) is 4.74 Å². The van der Waals surface area contributed by atoms with Crippen LogP contribution >= 0.6 is 0 Å². The third-order valence-electron chi connectivity index (χ3n) is 4.76. The summed E-state index contributed by atoms with van der Waals surface area (Å²) in [6, 6.07) is 8.63. The fraction of sp³-hybridized carbons (Fsp3) is 0.571. The highest BCUT2D eigenvalue weighted by Crippen LogP contribution is 2.38. The number of nitrogens with zero attached hydrogens (tertiary/aromatic N) is 1. The maximum absolute atomic E-state index is 12.7. The number of rotatable bonds is 3. The Kier molecular flexibility index (Phi) is 5.07. The van der Waals surface area contributed by atoms with Crippen molar-refractivity contribution in [2.75, 3.05) is 6.61 Å². The topological polar surface area (TPSA) is 38.8 Å². The SMILES string of the molecule is CCOc1cccc(C2=CC3CCCC(C2)N3C(=O)OC(C)(C)C)c1. The zero-order valence-corrected chi connectivity index (χ0v) is 15.7.